The molecule has 0 spiro atoms. The number of benzene rings is 2. The topological polar surface area (TPSA) is 70.6 Å². The summed E-state index contributed by atoms with van der Waals surface area (Å²) in [6.07, 6.45) is 1.64. The number of amides is 3. The predicted octanol–water partition coefficient (Wildman–Crippen LogP) is 4.52. The first-order chi connectivity index (χ1) is 15.3. The number of halogens is 2. The number of pyridine rings is 1. The number of carbonyl (C=O) groups is 3. The van der Waals surface area contributed by atoms with Crippen molar-refractivity contribution in [2.24, 2.45) is 0 Å². The molecule has 0 unspecified atom stereocenters. The zero-order valence-corrected chi connectivity index (χ0v) is 18.7. The number of aryl methyl sites for hydroxylation is 1. The van der Waals surface area contributed by atoms with Gasteiger partial charge in [0, 0.05) is 12.7 Å². The summed E-state index contributed by atoms with van der Waals surface area (Å²) < 4.78 is 0. The second kappa shape index (κ2) is 9.10. The molecular weight excluding hydrogens is 449 g/mol. The van der Waals surface area contributed by atoms with Gasteiger partial charge in [-0.05, 0) is 48.9 Å². The minimum absolute atomic E-state index is 0.211. The van der Waals surface area contributed by atoms with Gasteiger partial charge in [-0.15, -0.1) is 0 Å². The Morgan fingerprint density at radius 1 is 0.938 bits per heavy atom. The van der Waals surface area contributed by atoms with Crippen LogP contribution in [0.2, 0.25) is 10.0 Å². The summed E-state index contributed by atoms with van der Waals surface area (Å²) in [6.45, 7) is 1.91. The Labute approximate surface area is 195 Å². The number of hydrogen-bond acceptors (Lipinski definition) is 4. The lowest BCUT2D eigenvalue weighted by molar-refractivity contribution is -0.132. The molecule has 0 bridgehead atoms. The molecule has 8 heteroatoms. The molecule has 6 nitrogen and oxygen atoms in total. The predicted molar refractivity (Wildman–Crippen MR) is 121 cm³/mol. The van der Waals surface area contributed by atoms with Gasteiger partial charge in [0.05, 0.1) is 33.4 Å². The smallest absolute Gasteiger partial charge is 0.262 e. The lowest BCUT2D eigenvalue weighted by Crippen LogP contribution is -2.42. The quantitative estimate of drug-likeness (QED) is 0.499. The van der Waals surface area contributed by atoms with Gasteiger partial charge in [-0.25, -0.2) is 0 Å². The summed E-state index contributed by atoms with van der Waals surface area (Å²) in [4.78, 5) is 45.7. The largest absolute Gasteiger partial charge is 0.331 e. The first kappa shape index (κ1) is 22.0. The van der Waals surface area contributed by atoms with Crippen molar-refractivity contribution in [1.29, 1.82) is 0 Å². The van der Waals surface area contributed by atoms with Crippen LogP contribution in [0.3, 0.4) is 0 Å². The SMILES string of the molecule is Cc1ccc2c(c1)C(=O)N(CC(=O)N(Cc1ccc(Cl)c(Cl)c1)Cc1ccccn1)C2=O. The van der Waals surface area contributed by atoms with E-state index in [9.17, 15) is 14.4 Å². The fraction of sp³-hybridized carbons (Fsp3) is 0.167. The molecule has 0 aliphatic carbocycles. The van der Waals surface area contributed by atoms with Gasteiger partial charge in [-0.3, -0.25) is 24.3 Å². The third kappa shape index (κ3) is 4.52. The van der Waals surface area contributed by atoms with E-state index in [0.717, 1.165) is 16.0 Å². The van der Waals surface area contributed by atoms with Crippen molar-refractivity contribution in [3.05, 3.63) is 98.8 Å². The van der Waals surface area contributed by atoms with Gasteiger partial charge in [0.1, 0.15) is 6.54 Å². The molecular formula is C24H19Cl2N3O3. The molecule has 1 aliphatic rings. The van der Waals surface area contributed by atoms with Crippen LogP contribution < -0.4 is 0 Å². The van der Waals surface area contributed by atoms with E-state index in [0.29, 0.717) is 26.9 Å². The van der Waals surface area contributed by atoms with Crippen LogP contribution in [0.15, 0.2) is 60.8 Å². The average molecular weight is 468 g/mol. The van der Waals surface area contributed by atoms with Gasteiger partial charge in [-0.2, -0.15) is 0 Å². The van der Waals surface area contributed by atoms with E-state index in [-0.39, 0.29) is 25.5 Å². The highest BCUT2D eigenvalue weighted by molar-refractivity contribution is 6.42. The van der Waals surface area contributed by atoms with E-state index in [1.54, 1.807) is 54.7 Å². The highest BCUT2D eigenvalue weighted by Crippen LogP contribution is 2.25. The number of hydrogen-bond donors (Lipinski definition) is 0. The van der Waals surface area contributed by atoms with Gasteiger partial charge in [0.25, 0.3) is 11.8 Å². The van der Waals surface area contributed by atoms with Gasteiger partial charge in [-0.1, -0.05) is 47.0 Å². The summed E-state index contributed by atoms with van der Waals surface area (Å²) in [5.41, 5.74) is 2.95. The molecule has 4 rings (SSSR count). The zero-order valence-electron chi connectivity index (χ0n) is 17.2. The van der Waals surface area contributed by atoms with Crippen molar-refractivity contribution in [3.63, 3.8) is 0 Å². The van der Waals surface area contributed by atoms with E-state index in [4.69, 9.17) is 23.2 Å². The lowest BCUT2D eigenvalue weighted by Gasteiger charge is -2.25. The van der Waals surface area contributed by atoms with Crippen LogP contribution in [0.1, 0.15) is 37.5 Å². The van der Waals surface area contributed by atoms with Gasteiger partial charge in [0.15, 0.2) is 0 Å². The van der Waals surface area contributed by atoms with Crippen molar-refractivity contribution in [1.82, 2.24) is 14.8 Å². The van der Waals surface area contributed by atoms with Crippen LogP contribution in [0.25, 0.3) is 0 Å². The van der Waals surface area contributed by atoms with Crippen molar-refractivity contribution in [2.45, 2.75) is 20.0 Å². The molecule has 3 amide bonds. The average Bonchev–Trinajstić information content (AvgIpc) is 3.00. The highest BCUT2D eigenvalue weighted by Gasteiger charge is 2.37. The van der Waals surface area contributed by atoms with Crippen LogP contribution >= 0.6 is 23.2 Å². The minimum atomic E-state index is -0.467. The van der Waals surface area contributed by atoms with E-state index < -0.39 is 11.8 Å². The van der Waals surface area contributed by atoms with Crippen LogP contribution in [-0.2, 0) is 17.9 Å². The minimum Gasteiger partial charge on any atom is -0.331 e. The molecule has 1 aromatic heterocycles. The second-order valence-electron chi connectivity index (χ2n) is 7.56. The summed E-state index contributed by atoms with van der Waals surface area (Å²) in [5.74, 6) is -1.31. The molecule has 0 saturated heterocycles. The van der Waals surface area contributed by atoms with Crippen molar-refractivity contribution < 1.29 is 14.4 Å². The molecule has 0 fully saturated rings. The normalized spacial score (nSPS) is 12.8. The Kier molecular flexibility index (Phi) is 6.26. The van der Waals surface area contributed by atoms with Crippen LogP contribution in [0.4, 0.5) is 0 Å². The fourth-order valence-corrected chi connectivity index (χ4v) is 3.88. The van der Waals surface area contributed by atoms with Crippen LogP contribution in [-0.4, -0.2) is 39.1 Å². The molecule has 32 heavy (non-hydrogen) atoms. The standard InChI is InChI=1S/C24H19Cl2N3O3/c1-15-5-7-18-19(10-15)24(32)29(23(18)31)14-22(30)28(13-17-4-2-3-9-27-17)12-16-6-8-20(25)21(26)11-16/h2-11H,12-14H2,1H3. The molecule has 0 saturated carbocycles. The number of fused-ring (bicyclic) bond motifs is 1. The molecule has 162 valence electrons. The maximum absolute atomic E-state index is 13.3. The Morgan fingerprint density at radius 2 is 1.72 bits per heavy atom. The van der Waals surface area contributed by atoms with Crippen molar-refractivity contribution >= 4 is 40.9 Å². The monoisotopic (exact) mass is 467 g/mol. The molecule has 3 aromatic rings. The molecule has 2 aromatic carbocycles. The van der Waals surface area contributed by atoms with Gasteiger partial charge >= 0.3 is 0 Å². The van der Waals surface area contributed by atoms with Crippen molar-refractivity contribution in [2.75, 3.05) is 6.54 Å². The Morgan fingerprint density at radius 3 is 2.44 bits per heavy atom. The summed E-state index contributed by atoms with van der Waals surface area (Å²) >= 11 is 12.1. The first-order valence-corrected chi connectivity index (χ1v) is 10.7. The maximum atomic E-state index is 13.3. The second-order valence-corrected chi connectivity index (χ2v) is 8.38. The van der Waals surface area contributed by atoms with E-state index >= 15 is 0 Å². The van der Waals surface area contributed by atoms with Gasteiger partial charge < -0.3 is 4.90 Å². The third-order valence-corrected chi connectivity index (χ3v) is 5.95. The highest BCUT2D eigenvalue weighted by atomic mass is 35.5. The van der Waals surface area contributed by atoms with Gasteiger partial charge in [0.2, 0.25) is 5.91 Å². The number of nitrogens with zero attached hydrogens (tertiary/aromatic N) is 3. The van der Waals surface area contributed by atoms with Crippen molar-refractivity contribution in [3.8, 4) is 0 Å². The molecule has 0 N–H and O–H groups in total. The zero-order chi connectivity index (χ0) is 22.8. The van der Waals surface area contributed by atoms with E-state index in [2.05, 4.69) is 4.98 Å². The van der Waals surface area contributed by atoms with Crippen LogP contribution in [0, 0.1) is 6.92 Å². The number of carbonyl (C=O) groups excluding carboxylic acids is 3. The summed E-state index contributed by atoms with van der Waals surface area (Å²) in [6, 6.07) is 15.6. The Balaban J connectivity index is 1.57. The van der Waals surface area contributed by atoms with Crippen LogP contribution in [0.5, 0.6) is 0 Å². The number of aromatic nitrogens is 1. The maximum Gasteiger partial charge on any atom is 0.262 e. The molecule has 1 aliphatic heterocycles. The summed E-state index contributed by atoms with van der Waals surface area (Å²) in [5, 5.41) is 0.796. The lowest BCUT2D eigenvalue weighted by atomic mass is 10.1. The molecule has 2 heterocycles. The first-order valence-electron chi connectivity index (χ1n) is 9.92. The summed E-state index contributed by atoms with van der Waals surface area (Å²) in [7, 11) is 0. The Bertz CT molecular complexity index is 1210. The molecule has 0 atom stereocenters. The molecule has 0 radical (unpaired) electrons. The van der Waals surface area contributed by atoms with E-state index in [1.807, 2.05) is 13.0 Å². The Hall–Kier alpha value is -3.22. The van der Waals surface area contributed by atoms with E-state index in [1.165, 1.54) is 4.90 Å². The fourth-order valence-electron chi connectivity index (χ4n) is 3.56. The number of rotatable bonds is 6. The number of imide groups is 1. The third-order valence-electron chi connectivity index (χ3n) is 5.21.